The minimum absolute atomic E-state index is 0.0820. The van der Waals surface area contributed by atoms with E-state index in [1.54, 1.807) is 31.2 Å². The largest absolute Gasteiger partial charge is 0.459 e. The van der Waals surface area contributed by atoms with Crippen LogP contribution < -0.4 is 9.61 Å². The number of rotatable bonds is 14. The van der Waals surface area contributed by atoms with Crippen molar-refractivity contribution >= 4 is 25.1 Å². The Morgan fingerprint density at radius 2 is 1.70 bits per heavy atom. The van der Waals surface area contributed by atoms with Gasteiger partial charge in [-0.2, -0.15) is 0 Å². The number of nitrogens with one attached hydrogen (secondary N) is 1. The Hall–Kier alpha value is -0.990. The molecule has 3 N–H and O–H groups in total. The number of Topliss-reactive ketones (excluding diaryl/α,β-unsaturated/α-hetero) is 1. The number of hydrogen-bond acceptors (Lipinski definition) is 7. The maximum Gasteiger partial charge on any atom is 0.459 e. The summed E-state index contributed by atoms with van der Waals surface area (Å²) in [5.41, 5.74) is 0.307. The lowest BCUT2D eigenvalue weighted by Gasteiger charge is -2.64. The Kier molecular flexibility index (Phi) is 12.0. The van der Waals surface area contributed by atoms with E-state index in [0.717, 1.165) is 51.4 Å². The third-order valence-electron chi connectivity index (χ3n) is 13.3. The van der Waals surface area contributed by atoms with E-state index in [0.29, 0.717) is 59.3 Å². The van der Waals surface area contributed by atoms with Gasteiger partial charge in [-0.15, -0.1) is 0 Å². The van der Waals surface area contributed by atoms with E-state index < -0.39 is 13.8 Å². The average molecular weight is 696 g/mol. The van der Waals surface area contributed by atoms with Crippen LogP contribution in [0, 0.1) is 52.3 Å². The summed E-state index contributed by atoms with van der Waals surface area (Å²) in [5.74, 6) is 2.81. The molecule has 5 rings (SSSR count). The van der Waals surface area contributed by atoms with Gasteiger partial charge in [-0.25, -0.2) is 9.65 Å². The van der Waals surface area contributed by atoms with Crippen LogP contribution in [0.15, 0.2) is 24.3 Å². The lowest BCUT2D eigenvalue weighted by Crippen LogP contribution is -2.62. The number of hydrogen-bond donors (Lipinski definition) is 3. The molecule has 0 aliphatic heterocycles. The first-order valence-corrected chi connectivity index (χ1v) is 20.1. The lowest BCUT2D eigenvalue weighted by atomic mass is 9.41. The molecule has 0 radical (unpaired) electrons. The predicted molar refractivity (Wildman–Crippen MR) is 185 cm³/mol. The summed E-state index contributed by atoms with van der Waals surface area (Å²) in [6, 6.07) is 5.79. The second kappa shape index (κ2) is 15.1. The van der Waals surface area contributed by atoms with Gasteiger partial charge in [0, 0.05) is 11.6 Å². The minimum atomic E-state index is -3.92. The van der Waals surface area contributed by atoms with Crippen LogP contribution in [0.25, 0.3) is 0 Å². The number of benzene rings is 1. The quantitative estimate of drug-likeness (QED) is 0.168. The second-order valence-electron chi connectivity index (χ2n) is 15.7. The van der Waals surface area contributed by atoms with Gasteiger partial charge in [0.15, 0.2) is 5.78 Å². The highest BCUT2D eigenvalue weighted by Crippen LogP contribution is 2.69. The van der Waals surface area contributed by atoms with Crippen molar-refractivity contribution in [2.45, 2.75) is 118 Å². The van der Waals surface area contributed by atoms with E-state index in [9.17, 15) is 19.6 Å². The molecule has 47 heavy (non-hydrogen) atoms. The zero-order valence-electron chi connectivity index (χ0n) is 29.3. The van der Waals surface area contributed by atoms with Gasteiger partial charge in [-0.1, -0.05) is 45.7 Å². The van der Waals surface area contributed by atoms with Crippen molar-refractivity contribution in [3.05, 3.63) is 29.3 Å². The van der Waals surface area contributed by atoms with Crippen molar-refractivity contribution in [2.24, 2.45) is 52.3 Å². The van der Waals surface area contributed by atoms with E-state index in [4.69, 9.17) is 25.4 Å². The average Bonchev–Trinajstić information content (AvgIpc) is 3.39. The Labute approximate surface area is 287 Å². The maximum absolute atomic E-state index is 14.0. The molecule has 1 aromatic carbocycles. The van der Waals surface area contributed by atoms with E-state index >= 15 is 0 Å². The third kappa shape index (κ3) is 7.55. The summed E-state index contributed by atoms with van der Waals surface area (Å²) in [4.78, 5) is 12.6. The van der Waals surface area contributed by atoms with Gasteiger partial charge >= 0.3 is 7.75 Å². The molecule has 1 aromatic rings. The lowest BCUT2D eigenvalue weighted by molar-refractivity contribution is -0.203. The van der Waals surface area contributed by atoms with Gasteiger partial charge in [0.05, 0.1) is 24.9 Å². The SMILES string of the molecule is CCOCC(=O)[C@H](C)NP(=O)(OCC[C@@H](C)[C@H]1CCC2C3C(CC[C@@]21C)[C@@]1(C)CC[C@@H](O)CC1[C@@H](CC)[C@H]3O)Oc1ccc(Cl)cc1. The number of ketones is 1. The predicted octanol–water partition coefficient (Wildman–Crippen LogP) is 8.08. The molecule has 4 aliphatic carbocycles. The summed E-state index contributed by atoms with van der Waals surface area (Å²) >= 11 is 6.05. The number of fused-ring (bicyclic) bond motifs is 5. The maximum atomic E-state index is 14.0. The molecule has 0 saturated heterocycles. The molecular weight excluding hydrogens is 637 g/mol. The molecule has 8 nitrogen and oxygen atoms in total. The van der Waals surface area contributed by atoms with Gasteiger partial charge in [-0.3, -0.25) is 9.32 Å². The number of carbonyl (C=O) groups excluding carboxylic acids is 1. The molecule has 0 amide bonds. The van der Waals surface area contributed by atoms with Crippen molar-refractivity contribution in [3.8, 4) is 5.75 Å². The van der Waals surface area contributed by atoms with E-state index in [-0.39, 0.29) is 48.0 Å². The third-order valence-corrected chi connectivity index (χ3v) is 15.2. The first-order valence-electron chi connectivity index (χ1n) is 18.2. The van der Waals surface area contributed by atoms with Gasteiger partial charge in [0.25, 0.3) is 0 Å². The van der Waals surface area contributed by atoms with Gasteiger partial charge < -0.3 is 19.5 Å². The minimum Gasteiger partial charge on any atom is -0.413 e. The summed E-state index contributed by atoms with van der Waals surface area (Å²) in [6.07, 6.45) is 8.42. The van der Waals surface area contributed by atoms with E-state index in [2.05, 4.69) is 32.8 Å². The number of ether oxygens (including phenoxy) is 1. The van der Waals surface area contributed by atoms with Crippen LogP contribution in [0.4, 0.5) is 0 Å². The molecule has 0 heterocycles. The van der Waals surface area contributed by atoms with Gasteiger partial charge in [-0.05, 0) is 142 Å². The fourth-order valence-electron chi connectivity index (χ4n) is 10.9. The van der Waals surface area contributed by atoms with E-state index in [1.807, 2.05) is 6.92 Å². The van der Waals surface area contributed by atoms with Crippen LogP contribution in [0.3, 0.4) is 0 Å². The van der Waals surface area contributed by atoms with E-state index in [1.165, 1.54) is 0 Å². The van der Waals surface area contributed by atoms with Crippen molar-refractivity contribution in [2.75, 3.05) is 19.8 Å². The summed E-state index contributed by atoms with van der Waals surface area (Å²) < 4.78 is 31.2. The molecule has 0 aromatic heterocycles. The zero-order valence-corrected chi connectivity index (χ0v) is 31.0. The van der Waals surface area contributed by atoms with Crippen LogP contribution in [0.1, 0.15) is 99.3 Å². The van der Waals surface area contributed by atoms with Crippen LogP contribution in [-0.2, 0) is 18.6 Å². The summed E-state index contributed by atoms with van der Waals surface area (Å²) in [6.45, 7) is 13.5. The fourth-order valence-corrected chi connectivity index (χ4v) is 12.5. The molecule has 266 valence electrons. The van der Waals surface area contributed by atoms with Crippen LogP contribution >= 0.6 is 19.3 Å². The normalized spacial score (nSPS) is 39.2. The second-order valence-corrected chi connectivity index (χ2v) is 17.8. The van der Waals surface area contributed by atoms with Crippen molar-refractivity contribution in [1.82, 2.24) is 5.09 Å². The Morgan fingerprint density at radius 1 is 1.02 bits per heavy atom. The van der Waals surface area contributed by atoms with Crippen molar-refractivity contribution in [3.63, 3.8) is 0 Å². The molecule has 4 aliphatic rings. The van der Waals surface area contributed by atoms with Gasteiger partial charge in [0.1, 0.15) is 12.4 Å². The Balaban J connectivity index is 1.26. The van der Waals surface area contributed by atoms with Crippen molar-refractivity contribution < 1.29 is 33.4 Å². The highest BCUT2D eigenvalue weighted by molar-refractivity contribution is 7.52. The van der Waals surface area contributed by atoms with Crippen LogP contribution in [0.5, 0.6) is 5.75 Å². The highest BCUT2D eigenvalue weighted by Gasteiger charge is 2.64. The molecule has 4 fully saturated rings. The number of aliphatic hydroxyl groups is 2. The molecule has 4 saturated carbocycles. The highest BCUT2D eigenvalue weighted by atomic mass is 35.5. The summed E-state index contributed by atoms with van der Waals surface area (Å²) in [5, 5.41) is 26.0. The fraction of sp³-hybridized carbons (Fsp3) is 0.811. The molecule has 0 spiro atoms. The topological polar surface area (TPSA) is 114 Å². The number of carbonyl (C=O) groups is 1. The Morgan fingerprint density at radius 3 is 2.38 bits per heavy atom. The first-order chi connectivity index (χ1) is 22.3. The first kappa shape index (κ1) is 37.3. The molecular formula is C37H59ClNO7P. The molecule has 0 bridgehead atoms. The van der Waals surface area contributed by atoms with Crippen LogP contribution in [-0.4, -0.2) is 54.1 Å². The van der Waals surface area contributed by atoms with Crippen LogP contribution in [0.2, 0.25) is 5.02 Å². The number of halogens is 1. The van der Waals surface area contributed by atoms with Gasteiger partial charge in [0.2, 0.25) is 0 Å². The molecule has 10 heteroatoms. The standard InChI is InChI=1S/C37H59ClNO7P/c1-7-28-32-21-26(40)15-18-37(32,6)31-16-19-36(5)29(13-14-30(36)34(31)35(28)42)23(3)17-20-45-47(43,39-24(4)33(41)22-44-8-2)46-27-11-9-25(38)10-12-27/h9-12,23-24,26,28-32,34-35,40,42H,7-8,13-22H2,1-6H3,(H,39,43)/t23-,24+,26-,28-,29-,30?,31?,32?,34?,35-,36-,37-,47?/m1/s1. The molecule has 5 unspecified atom stereocenters. The monoisotopic (exact) mass is 695 g/mol. The smallest absolute Gasteiger partial charge is 0.413 e. The Bertz CT molecular complexity index is 1270. The summed E-state index contributed by atoms with van der Waals surface area (Å²) in [7, 11) is -3.92. The van der Waals surface area contributed by atoms with Crippen molar-refractivity contribution in [1.29, 1.82) is 0 Å². The molecule has 13 atom stereocenters. The zero-order chi connectivity index (χ0) is 34.1. The number of aliphatic hydroxyl groups excluding tert-OH is 2.